The summed E-state index contributed by atoms with van der Waals surface area (Å²) in [6.45, 7) is 4.61. The first-order valence-electron chi connectivity index (χ1n) is 5.32. The van der Waals surface area contributed by atoms with Crippen LogP contribution in [0.1, 0.15) is 25.5 Å². The first kappa shape index (κ1) is 13.1. The first-order chi connectivity index (χ1) is 7.41. The van der Waals surface area contributed by atoms with E-state index in [0.29, 0.717) is 18.2 Å². The lowest BCUT2D eigenvalue weighted by Gasteiger charge is -2.25. The van der Waals surface area contributed by atoms with Crippen LogP contribution in [0.15, 0.2) is 18.2 Å². The van der Waals surface area contributed by atoms with E-state index in [0.717, 1.165) is 6.07 Å². The van der Waals surface area contributed by atoms with Gasteiger partial charge in [0, 0.05) is 30.3 Å². The van der Waals surface area contributed by atoms with E-state index >= 15 is 0 Å². The van der Waals surface area contributed by atoms with Gasteiger partial charge in [0.2, 0.25) is 0 Å². The van der Waals surface area contributed by atoms with Crippen molar-refractivity contribution >= 4 is 0 Å². The maximum Gasteiger partial charge on any atom is 0.130 e. The molecule has 0 saturated heterocycles. The molecule has 0 amide bonds. The second-order valence-corrected chi connectivity index (χ2v) is 4.31. The average molecular weight is 228 g/mol. The summed E-state index contributed by atoms with van der Waals surface area (Å²) in [6.07, 6.45) is 0. The Morgan fingerprint density at radius 1 is 1.31 bits per heavy atom. The van der Waals surface area contributed by atoms with E-state index in [1.807, 2.05) is 25.8 Å². The lowest BCUT2D eigenvalue weighted by atomic mass is 10.1. The van der Waals surface area contributed by atoms with Crippen molar-refractivity contribution in [2.45, 2.75) is 25.9 Å². The van der Waals surface area contributed by atoms with Gasteiger partial charge in [0.15, 0.2) is 0 Å². The van der Waals surface area contributed by atoms with Gasteiger partial charge in [-0.25, -0.2) is 8.78 Å². The van der Waals surface area contributed by atoms with Gasteiger partial charge in [0.05, 0.1) is 0 Å². The van der Waals surface area contributed by atoms with Crippen LogP contribution in [0, 0.1) is 11.6 Å². The number of likely N-dealkylation sites (N-methyl/N-ethyl adjacent to an activating group) is 1. The molecule has 0 heterocycles. The molecule has 0 aromatic heterocycles. The van der Waals surface area contributed by atoms with Crippen LogP contribution in [0.3, 0.4) is 0 Å². The van der Waals surface area contributed by atoms with Gasteiger partial charge in [-0.3, -0.25) is 0 Å². The fourth-order valence-electron chi connectivity index (χ4n) is 1.42. The summed E-state index contributed by atoms with van der Waals surface area (Å²) in [5.74, 6) is -1.16. The van der Waals surface area contributed by atoms with Crippen LogP contribution in [0.4, 0.5) is 8.78 Å². The summed E-state index contributed by atoms with van der Waals surface area (Å²) < 4.78 is 26.1. The zero-order chi connectivity index (χ0) is 12.3. The standard InChI is InChI=1S/C12H18F2N2/c1-8(2)16(3)7-12(15)10-5-4-9(13)6-11(10)14/h4-6,8,12H,7,15H2,1-3H3. The van der Waals surface area contributed by atoms with Gasteiger partial charge >= 0.3 is 0 Å². The highest BCUT2D eigenvalue weighted by Gasteiger charge is 2.15. The quantitative estimate of drug-likeness (QED) is 0.856. The molecule has 0 bridgehead atoms. The number of rotatable bonds is 4. The molecule has 0 radical (unpaired) electrons. The number of nitrogens with two attached hydrogens (primary N) is 1. The molecule has 0 spiro atoms. The Kier molecular flexibility index (Phi) is 4.38. The van der Waals surface area contributed by atoms with Gasteiger partial charge < -0.3 is 10.6 Å². The Labute approximate surface area is 95.1 Å². The van der Waals surface area contributed by atoms with E-state index in [-0.39, 0.29) is 0 Å². The third-order valence-electron chi connectivity index (χ3n) is 2.73. The minimum Gasteiger partial charge on any atom is -0.323 e. The van der Waals surface area contributed by atoms with Crippen molar-refractivity contribution in [3.63, 3.8) is 0 Å². The van der Waals surface area contributed by atoms with E-state index in [4.69, 9.17) is 5.73 Å². The van der Waals surface area contributed by atoms with Gasteiger partial charge in [-0.05, 0) is 27.0 Å². The van der Waals surface area contributed by atoms with Crippen LogP contribution in [-0.4, -0.2) is 24.5 Å². The maximum absolute atomic E-state index is 13.4. The third kappa shape index (κ3) is 3.25. The summed E-state index contributed by atoms with van der Waals surface area (Å²) >= 11 is 0. The molecule has 0 saturated carbocycles. The zero-order valence-electron chi connectivity index (χ0n) is 9.87. The van der Waals surface area contributed by atoms with Crippen molar-refractivity contribution in [3.8, 4) is 0 Å². The summed E-state index contributed by atoms with van der Waals surface area (Å²) in [4.78, 5) is 2.02. The fraction of sp³-hybridized carbons (Fsp3) is 0.500. The van der Waals surface area contributed by atoms with E-state index in [2.05, 4.69) is 0 Å². The number of nitrogens with zero attached hydrogens (tertiary/aromatic N) is 1. The molecule has 1 aromatic carbocycles. The molecule has 0 aliphatic rings. The van der Waals surface area contributed by atoms with Gasteiger partial charge in [-0.1, -0.05) is 6.07 Å². The molecule has 1 rings (SSSR count). The number of halogens is 2. The highest BCUT2D eigenvalue weighted by molar-refractivity contribution is 5.22. The molecule has 0 aliphatic carbocycles. The minimum absolute atomic E-state index is 0.342. The molecular formula is C12H18F2N2. The van der Waals surface area contributed by atoms with E-state index < -0.39 is 17.7 Å². The third-order valence-corrected chi connectivity index (χ3v) is 2.73. The van der Waals surface area contributed by atoms with Gasteiger partial charge in [-0.15, -0.1) is 0 Å². The summed E-state index contributed by atoms with van der Waals surface area (Å²) in [5.41, 5.74) is 6.24. The van der Waals surface area contributed by atoms with Crippen molar-refractivity contribution in [1.29, 1.82) is 0 Å². The zero-order valence-corrected chi connectivity index (χ0v) is 9.87. The topological polar surface area (TPSA) is 29.3 Å². The molecule has 0 fully saturated rings. The van der Waals surface area contributed by atoms with Crippen molar-refractivity contribution in [2.75, 3.05) is 13.6 Å². The molecule has 2 nitrogen and oxygen atoms in total. The van der Waals surface area contributed by atoms with Crippen LogP contribution >= 0.6 is 0 Å². The van der Waals surface area contributed by atoms with Gasteiger partial charge in [0.25, 0.3) is 0 Å². The number of hydrogen-bond acceptors (Lipinski definition) is 2. The summed E-state index contributed by atoms with van der Waals surface area (Å²) in [5, 5.41) is 0. The molecule has 2 N–H and O–H groups in total. The van der Waals surface area contributed by atoms with Gasteiger partial charge in [0.1, 0.15) is 11.6 Å². The van der Waals surface area contributed by atoms with Crippen LogP contribution in [0.2, 0.25) is 0 Å². The molecule has 16 heavy (non-hydrogen) atoms. The molecule has 1 atom stereocenters. The van der Waals surface area contributed by atoms with Crippen LogP contribution in [0.5, 0.6) is 0 Å². The van der Waals surface area contributed by atoms with Crippen LogP contribution in [-0.2, 0) is 0 Å². The SMILES string of the molecule is CC(C)N(C)CC(N)c1ccc(F)cc1F. The lowest BCUT2D eigenvalue weighted by molar-refractivity contribution is 0.256. The molecule has 0 aliphatic heterocycles. The molecule has 1 aromatic rings. The molecule has 1 unspecified atom stereocenters. The lowest BCUT2D eigenvalue weighted by Crippen LogP contribution is -2.34. The highest BCUT2D eigenvalue weighted by Crippen LogP contribution is 2.17. The normalized spacial score (nSPS) is 13.5. The number of hydrogen-bond donors (Lipinski definition) is 1. The van der Waals surface area contributed by atoms with Crippen molar-refractivity contribution < 1.29 is 8.78 Å². The molecule has 90 valence electrons. The minimum atomic E-state index is -0.579. The monoisotopic (exact) mass is 228 g/mol. The Morgan fingerprint density at radius 2 is 1.94 bits per heavy atom. The predicted octanol–water partition coefficient (Wildman–Crippen LogP) is 2.30. The van der Waals surface area contributed by atoms with Crippen LogP contribution < -0.4 is 5.73 Å². The van der Waals surface area contributed by atoms with E-state index in [1.54, 1.807) is 0 Å². The van der Waals surface area contributed by atoms with Crippen molar-refractivity contribution in [3.05, 3.63) is 35.4 Å². The van der Waals surface area contributed by atoms with Crippen molar-refractivity contribution in [2.24, 2.45) is 5.73 Å². The largest absolute Gasteiger partial charge is 0.323 e. The fourth-order valence-corrected chi connectivity index (χ4v) is 1.42. The molecule has 4 heteroatoms. The van der Waals surface area contributed by atoms with Crippen molar-refractivity contribution in [1.82, 2.24) is 4.90 Å². The predicted molar refractivity (Wildman–Crippen MR) is 61.1 cm³/mol. The maximum atomic E-state index is 13.4. The Balaban J connectivity index is 2.76. The smallest absolute Gasteiger partial charge is 0.130 e. The first-order valence-corrected chi connectivity index (χ1v) is 5.32. The second kappa shape index (κ2) is 5.37. The number of benzene rings is 1. The second-order valence-electron chi connectivity index (χ2n) is 4.31. The van der Waals surface area contributed by atoms with E-state index in [9.17, 15) is 8.78 Å². The Bertz CT molecular complexity index is 353. The summed E-state index contributed by atoms with van der Waals surface area (Å²) in [7, 11) is 1.92. The van der Waals surface area contributed by atoms with E-state index in [1.165, 1.54) is 12.1 Å². The van der Waals surface area contributed by atoms with Gasteiger partial charge in [-0.2, -0.15) is 0 Å². The molecular weight excluding hydrogens is 210 g/mol. The highest BCUT2D eigenvalue weighted by atomic mass is 19.1. The van der Waals surface area contributed by atoms with Crippen LogP contribution in [0.25, 0.3) is 0 Å². The Morgan fingerprint density at radius 3 is 2.44 bits per heavy atom. The Hall–Kier alpha value is -1.00. The average Bonchev–Trinajstić information content (AvgIpc) is 2.16. The summed E-state index contributed by atoms with van der Waals surface area (Å²) in [6, 6.07) is 3.41.